The van der Waals surface area contributed by atoms with Crippen LogP contribution in [0.5, 0.6) is 0 Å². The fourth-order valence-electron chi connectivity index (χ4n) is 3.41. The van der Waals surface area contributed by atoms with Gasteiger partial charge < -0.3 is 25.0 Å². The third-order valence-electron chi connectivity index (χ3n) is 4.72. The van der Waals surface area contributed by atoms with E-state index in [1.807, 2.05) is 48.5 Å². The van der Waals surface area contributed by atoms with E-state index in [4.69, 9.17) is 14.6 Å². The highest BCUT2D eigenvalue weighted by Gasteiger charge is 2.29. The molecule has 28 heavy (non-hydrogen) atoms. The molecule has 0 aliphatic heterocycles. The smallest absolute Gasteiger partial charge is 0.407 e. The number of aliphatic hydroxyl groups is 1. The molecule has 1 aliphatic rings. The molecule has 0 bridgehead atoms. The van der Waals surface area contributed by atoms with Gasteiger partial charge >= 0.3 is 12.1 Å². The lowest BCUT2D eigenvalue weighted by Gasteiger charge is -2.17. The average Bonchev–Trinajstić information content (AvgIpc) is 3.02. The van der Waals surface area contributed by atoms with Crippen LogP contribution in [0.4, 0.5) is 4.79 Å². The van der Waals surface area contributed by atoms with Gasteiger partial charge in [0, 0.05) is 18.9 Å². The van der Waals surface area contributed by atoms with Crippen molar-refractivity contribution in [3.8, 4) is 11.1 Å². The van der Waals surface area contributed by atoms with Crippen molar-refractivity contribution < 1.29 is 29.3 Å². The maximum Gasteiger partial charge on any atom is 0.407 e. The molecular weight excluding hydrogens is 362 g/mol. The Labute approximate surface area is 162 Å². The van der Waals surface area contributed by atoms with Crippen molar-refractivity contribution in [2.45, 2.75) is 18.4 Å². The number of alkyl carbamates (subject to hydrolysis) is 1. The summed E-state index contributed by atoms with van der Waals surface area (Å²) in [6.07, 6.45) is -0.698. The van der Waals surface area contributed by atoms with Gasteiger partial charge in [-0.05, 0) is 22.3 Å². The van der Waals surface area contributed by atoms with E-state index in [1.165, 1.54) is 0 Å². The van der Waals surface area contributed by atoms with E-state index < -0.39 is 18.1 Å². The summed E-state index contributed by atoms with van der Waals surface area (Å²) >= 11 is 0. The fraction of sp³-hybridized carbons (Fsp3) is 0.333. The number of amides is 1. The van der Waals surface area contributed by atoms with Crippen LogP contribution in [-0.2, 0) is 14.3 Å². The number of carbonyl (C=O) groups excluding carboxylic acids is 1. The second-order valence-corrected chi connectivity index (χ2v) is 6.49. The Hall–Kier alpha value is -2.90. The standard InChI is InChI=1S/C21H23NO6/c23-10-12-27-11-9-19(20(24)25)22-21(26)28-13-18-16-7-3-1-5-14(16)15-6-2-4-8-17(15)18/h1-8,18-19,23H,9-13H2,(H,22,26)(H,24,25). The number of aliphatic hydroxyl groups excluding tert-OH is 1. The Morgan fingerprint density at radius 3 is 2.18 bits per heavy atom. The summed E-state index contributed by atoms with van der Waals surface area (Å²) in [7, 11) is 0. The number of carboxylic acids is 1. The average molecular weight is 385 g/mol. The summed E-state index contributed by atoms with van der Waals surface area (Å²) in [5, 5.41) is 20.3. The van der Waals surface area contributed by atoms with E-state index in [0.29, 0.717) is 0 Å². The molecule has 2 aromatic carbocycles. The lowest BCUT2D eigenvalue weighted by molar-refractivity contribution is -0.139. The molecule has 0 fully saturated rings. The summed E-state index contributed by atoms with van der Waals surface area (Å²) in [4.78, 5) is 23.5. The van der Waals surface area contributed by atoms with Crippen LogP contribution < -0.4 is 5.32 Å². The number of ether oxygens (including phenoxy) is 2. The zero-order chi connectivity index (χ0) is 19.9. The third-order valence-corrected chi connectivity index (χ3v) is 4.72. The first-order chi connectivity index (χ1) is 13.6. The summed E-state index contributed by atoms with van der Waals surface area (Å²) in [6, 6.07) is 14.8. The van der Waals surface area contributed by atoms with Gasteiger partial charge in [0.2, 0.25) is 0 Å². The van der Waals surface area contributed by atoms with Crippen LogP contribution in [0.15, 0.2) is 48.5 Å². The zero-order valence-corrected chi connectivity index (χ0v) is 15.3. The van der Waals surface area contributed by atoms with Gasteiger partial charge in [-0.15, -0.1) is 0 Å². The number of carboxylic acid groups (broad SMARTS) is 1. The summed E-state index contributed by atoms with van der Waals surface area (Å²) in [5.41, 5.74) is 4.42. The minimum absolute atomic E-state index is 0.0829. The first kappa shape index (κ1) is 19.9. The molecule has 7 nitrogen and oxygen atoms in total. The monoisotopic (exact) mass is 385 g/mol. The number of hydrogen-bond donors (Lipinski definition) is 3. The maximum absolute atomic E-state index is 12.1. The van der Waals surface area contributed by atoms with E-state index >= 15 is 0 Å². The Bertz CT molecular complexity index is 792. The number of rotatable bonds is 9. The lowest BCUT2D eigenvalue weighted by atomic mass is 9.98. The van der Waals surface area contributed by atoms with Gasteiger partial charge in [-0.25, -0.2) is 9.59 Å². The van der Waals surface area contributed by atoms with E-state index in [1.54, 1.807) is 0 Å². The van der Waals surface area contributed by atoms with E-state index in [-0.39, 0.29) is 38.8 Å². The predicted molar refractivity (Wildman–Crippen MR) is 102 cm³/mol. The first-order valence-electron chi connectivity index (χ1n) is 9.14. The van der Waals surface area contributed by atoms with Crippen molar-refractivity contribution in [3.63, 3.8) is 0 Å². The lowest BCUT2D eigenvalue weighted by Crippen LogP contribution is -2.42. The van der Waals surface area contributed by atoms with Crippen molar-refractivity contribution in [3.05, 3.63) is 59.7 Å². The molecule has 1 unspecified atom stereocenters. The van der Waals surface area contributed by atoms with Crippen molar-refractivity contribution >= 4 is 12.1 Å². The number of benzene rings is 2. The molecule has 0 saturated carbocycles. The van der Waals surface area contributed by atoms with Gasteiger partial charge in [-0.3, -0.25) is 0 Å². The van der Waals surface area contributed by atoms with Crippen molar-refractivity contribution in [1.82, 2.24) is 5.32 Å². The van der Waals surface area contributed by atoms with Gasteiger partial charge in [-0.1, -0.05) is 48.5 Å². The van der Waals surface area contributed by atoms with Gasteiger partial charge in [-0.2, -0.15) is 0 Å². The van der Waals surface area contributed by atoms with Gasteiger partial charge in [0.05, 0.1) is 13.2 Å². The SMILES string of the molecule is O=C(NC(CCOCCO)C(=O)O)OCC1c2ccccc2-c2ccccc21. The molecule has 0 saturated heterocycles. The minimum atomic E-state index is -1.17. The summed E-state index contributed by atoms with van der Waals surface area (Å²) in [6.45, 7) is 0.212. The highest BCUT2D eigenvalue weighted by molar-refractivity contribution is 5.81. The van der Waals surface area contributed by atoms with Crippen molar-refractivity contribution in [2.75, 3.05) is 26.4 Å². The van der Waals surface area contributed by atoms with E-state index in [9.17, 15) is 14.7 Å². The minimum Gasteiger partial charge on any atom is -0.480 e. The molecule has 3 N–H and O–H groups in total. The van der Waals surface area contributed by atoms with Crippen LogP contribution in [0, 0.1) is 0 Å². The zero-order valence-electron chi connectivity index (χ0n) is 15.3. The number of carbonyl (C=O) groups is 2. The largest absolute Gasteiger partial charge is 0.480 e. The molecule has 0 heterocycles. The van der Waals surface area contributed by atoms with Crippen LogP contribution in [0.25, 0.3) is 11.1 Å². The predicted octanol–water partition coefficient (Wildman–Crippen LogP) is 2.38. The molecule has 2 aromatic rings. The Kier molecular flexibility index (Phi) is 6.62. The molecular formula is C21H23NO6. The normalized spacial score (nSPS) is 13.5. The topological polar surface area (TPSA) is 105 Å². The summed E-state index contributed by atoms with van der Waals surface area (Å²) in [5.74, 6) is -1.25. The first-order valence-corrected chi connectivity index (χ1v) is 9.14. The second kappa shape index (κ2) is 9.34. The molecule has 3 rings (SSSR count). The van der Waals surface area contributed by atoms with Crippen LogP contribution in [0.2, 0.25) is 0 Å². The molecule has 0 radical (unpaired) electrons. The highest BCUT2D eigenvalue weighted by Crippen LogP contribution is 2.44. The van der Waals surface area contributed by atoms with Gasteiger partial charge in [0.1, 0.15) is 12.6 Å². The molecule has 7 heteroatoms. The number of fused-ring (bicyclic) bond motifs is 3. The van der Waals surface area contributed by atoms with Gasteiger partial charge in [0.15, 0.2) is 0 Å². The molecule has 0 aromatic heterocycles. The third kappa shape index (κ3) is 4.49. The van der Waals surface area contributed by atoms with Crippen LogP contribution in [-0.4, -0.2) is 54.7 Å². The molecule has 1 atom stereocenters. The molecule has 1 aliphatic carbocycles. The van der Waals surface area contributed by atoms with E-state index in [2.05, 4.69) is 5.32 Å². The maximum atomic E-state index is 12.1. The van der Waals surface area contributed by atoms with Gasteiger partial charge in [0.25, 0.3) is 0 Å². The summed E-state index contributed by atoms with van der Waals surface area (Å²) < 4.78 is 10.4. The van der Waals surface area contributed by atoms with Crippen LogP contribution >= 0.6 is 0 Å². The van der Waals surface area contributed by atoms with Crippen molar-refractivity contribution in [1.29, 1.82) is 0 Å². The number of nitrogens with one attached hydrogen (secondary N) is 1. The van der Waals surface area contributed by atoms with E-state index in [0.717, 1.165) is 22.3 Å². The molecule has 0 spiro atoms. The Balaban J connectivity index is 1.60. The molecule has 1 amide bonds. The number of aliphatic carboxylic acids is 1. The quantitative estimate of drug-likeness (QED) is 0.573. The Morgan fingerprint density at radius 2 is 1.61 bits per heavy atom. The highest BCUT2D eigenvalue weighted by atomic mass is 16.5. The molecule has 148 valence electrons. The number of hydrogen-bond acceptors (Lipinski definition) is 5. The second-order valence-electron chi connectivity index (χ2n) is 6.49. The van der Waals surface area contributed by atoms with Crippen molar-refractivity contribution in [2.24, 2.45) is 0 Å². The fourth-order valence-corrected chi connectivity index (χ4v) is 3.41. The van der Waals surface area contributed by atoms with Crippen LogP contribution in [0.3, 0.4) is 0 Å². The Morgan fingerprint density at radius 1 is 1.00 bits per heavy atom. The van der Waals surface area contributed by atoms with Crippen LogP contribution in [0.1, 0.15) is 23.5 Å².